The topological polar surface area (TPSA) is 63.2 Å². The van der Waals surface area contributed by atoms with Crippen molar-refractivity contribution in [3.8, 4) is 0 Å². The van der Waals surface area contributed by atoms with Crippen LogP contribution in [0.1, 0.15) is 26.3 Å². The number of aromatic nitrogens is 1. The summed E-state index contributed by atoms with van der Waals surface area (Å²) in [5.74, 6) is 0. The van der Waals surface area contributed by atoms with E-state index in [4.69, 9.17) is 4.74 Å². The molecule has 1 aromatic carbocycles. The normalized spacial score (nSPS) is 10.9. The van der Waals surface area contributed by atoms with Crippen LogP contribution in [0.3, 0.4) is 0 Å². The molecular weight excluding hydrogens is 278 g/mol. The van der Waals surface area contributed by atoms with Crippen LogP contribution in [-0.2, 0) is 11.3 Å². The number of benzene rings is 1. The maximum absolute atomic E-state index is 11.6. The molecule has 0 radical (unpaired) electrons. The molecule has 2 aromatic rings. The summed E-state index contributed by atoms with van der Waals surface area (Å²) in [5, 5.41) is 6.01. The van der Waals surface area contributed by atoms with E-state index in [2.05, 4.69) is 15.6 Å². The van der Waals surface area contributed by atoms with Crippen LogP contribution in [0.5, 0.6) is 0 Å². The third kappa shape index (κ3) is 5.44. The first-order valence-electron chi connectivity index (χ1n) is 7.15. The number of hydrogen-bond acceptors (Lipinski definition) is 4. The van der Waals surface area contributed by atoms with Gasteiger partial charge in [0.1, 0.15) is 5.60 Å². The first kappa shape index (κ1) is 15.8. The molecule has 116 valence electrons. The zero-order valence-corrected chi connectivity index (χ0v) is 13.1. The highest BCUT2D eigenvalue weighted by Gasteiger charge is 2.15. The van der Waals surface area contributed by atoms with Crippen molar-refractivity contribution in [1.82, 2.24) is 10.3 Å². The molecule has 5 nitrogen and oxygen atoms in total. The van der Waals surface area contributed by atoms with E-state index in [0.717, 1.165) is 16.9 Å². The van der Waals surface area contributed by atoms with Gasteiger partial charge in [-0.05, 0) is 50.6 Å². The lowest BCUT2D eigenvalue weighted by molar-refractivity contribution is 0.0523. The average Bonchev–Trinajstić information content (AvgIpc) is 2.46. The van der Waals surface area contributed by atoms with Crippen LogP contribution < -0.4 is 10.6 Å². The minimum atomic E-state index is -0.484. The van der Waals surface area contributed by atoms with Gasteiger partial charge in [0.2, 0.25) is 0 Å². The van der Waals surface area contributed by atoms with Crippen molar-refractivity contribution in [2.45, 2.75) is 32.9 Å². The molecule has 2 rings (SSSR count). The van der Waals surface area contributed by atoms with Crippen molar-refractivity contribution < 1.29 is 9.53 Å². The number of rotatable bonds is 4. The highest BCUT2D eigenvalue weighted by Crippen LogP contribution is 2.16. The number of hydrogen-bond donors (Lipinski definition) is 2. The number of alkyl carbamates (subject to hydrolysis) is 1. The summed E-state index contributed by atoms with van der Waals surface area (Å²) in [7, 11) is 0. The van der Waals surface area contributed by atoms with Gasteiger partial charge in [-0.15, -0.1) is 0 Å². The summed E-state index contributed by atoms with van der Waals surface area (Å²) in [5.41, 5.74) is 2.48. The fourth-order valence-corrected chi connectivity index (χ4v) is 1.80. The van der Waals surface area contributed by atoms with Gasteiger partial charge < -0.3 is 15.4 Å². The minimum Gasteiger partial charge on any atom is -0.444 e. The Hall–Kier alpha value is -2.56. The number of nitrogens with zero attached hydrogens (tertiary/aromatic N) is 1. The van der Waals surface area contributed by atoms with E-state index in [9.17, 15) is 4.79 Å². The summed E-state index contributed by atoms with van der Waals surface area (Å²) in [6, 6.07) is 11.6. The van der Waals surface area contributed by atoms with E-state index in [0.29, 0.717) is 6.54 Å². The van der Waals surface area contributed by atoms with Crippen molar-refractivity contribution in [3.05, 3.63) is 54.4 Å². The summed E-state index contributed by atoms with van der Waals surface area (Å²) < 4.78 is 5.19. The first-order chi connectivity index (χ1) is 10.4. The van der Waals surface area contributed by atoms with Crippen LogP contribution in [0, 0.1) is 0 Å². The van der Waals surface area contributed by atoms with Gasteiger partial charge in [-0.3, -0.25) is 4.98 Å². The molecule has 2 N–H and O–H groups in total. The molecule has 0 aliphatic carbocycles. The van der Waals surface area contributed by atoms with E-state index in [1.54, 1.807) is 12.4 Å². The van der Waals surface area contributed by atoms with E-state index in [-0.39, 0.29) is 0 Å². The summed E-state index contributed by atoms with van der Waals surface area (Å²) in [6.45, 7) is 5.95. The monoisotopic (exact) mass is 299 g/mol. The fourth-order valence-electron chi connectivity index (χ4n) is 1.80. The highest BCUT2D eigenvalue weighted by molar-refractivity contribution is 5.67. The van der Waals surface area contributed by atoms with Crippen LogP contribution in [0.15, 0.2) is 48.8 Å². The summed E-state index contributed by atoms with van der Waals surface area (Å²) in [4.78, 5) is 15.6. The van der Waals surface area contributed by atoms with Crippen molar-refractivity contribution in [2.75, 3.05) is 5.32 Å². The van der Waals surface area contributed by atoms with Crippen LogP contribution in [0.25, 0.3) is 0 Å². The standard InChI is InChI=1S/C17H21N3O2/c1-17(2,3)22-16(21)19-12-13-4-6-14(7-5-13)20-15-8-10-18-11-9-15/h4-11H,12H2,1-3H3,(H,18,20)(H,19,21). The van der Waals surface area contributed by atoms with Crippen LogP contribution in [-0.4, -0.2) is 16.7 Å². The average molecular weight is 299 g/mol. The van der Waals surface area contributed by atoms with Gasteiger partial charge in [0.05, 0.1) is 0 Å². The SMILES string of the molecule is CC(C)(C)OC(=O)NCc1ccc(Nc2ccncc2)cc1. The number of amides is 1. The Morgan fingerprint density at radius 2 is 1.64 bits per heavy atom. The Morgan fingerprint density at radius 3 is 2.23 bits per heavy atom. The van der Waals surface area contributed by atoms with Crippen LogP contribution in [0.2, 0.25) is 0 Å². The lowest BCUT2D eigenvalue weighted by Gasteiger charge is -2.19. The van der Waals surface area contributed by atoms with E-state index in [1.165, 1.54) is 0 Å². The molecule has 0 aliphatic heterocycles. The smallest absolute Gasteiger partial charge is 0.407 e. The second-order valence-corrected chi connectivity index (χ2v) is 5.91. The molecular formula is C17H21N3O2. The van der Waals surface area contributed by atoms with E-state index < -0.39 is 11.7 Å². The van der Waals surface area contributed by atoms with E-state index in [1.807, 2.05) is 57.2 Å². The Labute approximate surface area is 130 Å². The minimum absolute atomic E-state index is 0.411. The van der Waals surface area contributed by atoms with Gasteiger partial charge >= 0.3 is 6.09 Å². The molecule has 0 saturated carbocycles. The Bertz CT molecular complexity index is 604. The second kappa shape index (κ2) is 6.93. The predicted octanol–water partition coefficient (Wildman–Crippen LogP) is 3.85. The Morgan fingerprint density at radius 1 is 1.05 bits per heavy atom. The van der Waals surface area contributed by atoms with Crippen LogP contribution >= 0.6 is 0 Å². The predicted molar refractivity (Wildman–Crippen MR) is 87.0 cm³/mol. The fraction of sp³-hybridized carbons (Fsp3) is 0.294. The number of ether oxygens (including phenoxy) is 1. The molecule has 22 heavy (non-hydrogen) atoms. The molecule has 5 heteroatoms. The van der Waals surface area contributed by atoms with Gasteiger partial charge in [-0.2, -0.15) is 0 Å². The zero-order valence-electron chi connectivity index (χ0n) is 13.1. The van der Waals surface area contributed by atoms with Gasteiger partial charge in [0, 0.05) is 30.3 Å². The number of carbonyl (C=O) groups is 1. The Balaban J connectivity index is 1.86. The lowest BCUT2D eigenvalue weighted by atomic mass is 10.2. The summed E-state index contributed by atoms with van der Waals surface area (Å²) in [6.07, 6.45) is 3.06. The van der Waals surface area contributed by atoms with Crippen LogP contribution in [0.4, 0.5) is 16.2 Å². The number of anilines is 2. The van der Waals surface area contributed by atoms with Gasteiger partial charge in [-0.1, -0.05) is 12.1 Å². The number of carbonyl (C=O) groups excluding carboxylic acids is 1. The van der Waals surface area contributed by atoms with Crippen molar-refractivity contribution >= 4 is 17.5 Å². The highest BCUT2D eigenvalue weighted by atomic mass is 16.6. The molecule has 0 saturated heterocycles. The number of nitrogens with one attached hydrogen (secondary N) is 2. The third-order valence-electron chi connectivity index (χ3n) is 2.76. The van der Waals surface area contributed by atoms with Crippen molar-refractivity contribution in [1.29, 1.82) is 0 Å². The molecule has 0 spiro atoms. The molecule has 1 amide bonds. The quantitative estimate of drug-likeness (QED) is 0.900. The molecule has 0 atom stereocenters. The molecule has 0 unspecified atom stereocenters. The third-order valence-corrected chi connectivity index (χ3v) is 2.76. The summed E-state index contributed by atoms with van der Waals surface area (Å²) >= 11 is 0. The maximum atomic E-state index is 11.6. The first-order valence-corrected chi connectivity index (χ1v) is 7.15. The lowest BCUT2D eigenvalue weighted by Crippen LogP contribution is -2.32. The zero-order chi connectivity index (χ0) is 16.0. The Kier molecular flexibility index (Phi) is 4.99. The van der Waals surface area contributed by atoms with Gasteiger partial charge in [-0.25, -0.2) is 4.79 Å². The van der Waals surface area contributed by atoms with Gasteiger partial charge in [0.15, 0.2) is 0 Å². The number of pyridine rings is 1. The molecule has 0 aliphatic rings. The maximum Gasteiger partial charge on any atom is 0.407 e. The second-order valence-electron chi connectivity index (χ2n) is 5.91. The molecule has 1 heterocycles. The van der Waals surface area contributed by atoms with Gasteiger partial charge in [0.25, 0.3) is 0 Å². The van der Waals surface area contributed by atoms with E-state index >= 15 is 0 Å². The largest absolute Gasteiger partial charge is 0.444 e. The molecule has 0 bridgehead atoms. The molecule has 1 aromatic heterocycles. The van der Waals surface area contributed by atoms with Crippen molar-refractivity contribution in [3.63, 3.8) is 0 Å². The molecule has 0 fully saturated rings. The van der Waals surface area contributed by atoms with Crippen molar-refractivity contribution in [2.24, 2.45) is 0 Å².